The van der Waals surface area contributed by atoms with Crippen molar-refractivity contribution in [1.29, 1.82) is 0 Å². The van der Waals surface area contributed by atoms with E-state index in [-0.39, 0.29) is 17.3 Å². The minimum atomic E-state index is -0.517. The van der Waals surface area contributed by atoms with Gasteiger partial charge in [0.05, 0.1) is 10.7 Å². The lowest BCUT2D eigenvalue weighted by Gasteiger charge is -2.09. The van der Waals surface area contributed by atoms with Crippen LogP contribution in [-0.4, -0.2) is 25.9 Å². The average molecular weight is 442 g/mol. The number of pyridine rings is 1. The molecule has 4 rings (SSSR count). The predicted molar refractivity (Wildman–Crippen MR) is 112 cm³/mol. The van der Waals surface area contributed by atoms with Gasteiger partial charge in [0.1, 0.15) is 11.5 Å². The summed E-state index contributed by atoms with van der Waals surface area (Å²) in [5, 5.41) is 11.5. The van der Waals surface area contributed by atoms with E-state index in [4.69, 9.17) is 23.2 Å². The van der Waals surface area contributed by atoms with E-state index in [9.17, 15) is 9.18 Å². The van der Waals surface area contributed by atoms with Crippen molar-refractivity contribution in [2.45, 2.75) is 6.54 Å². The Bertz CT molecular complexity index is 1210. The van der Waals surface area contributed by atoms with Crippen LogP contribution >= 0.6 is 23.2 Å². The Morgan fingerprint density at radius 2 is 1.87 bits per heavy atom. The molecule has 0 aliphatic heterocycles. The highest BCUT2D eigenvalue weighted by Crippen LogP contribution is 2.26. The third kappa shape index (κ3) is 4.17. The van der Waals surface area contributed by atoms with Gasteiger partial charge in [0.25, 0.3) is 5.91 Å². The van der Waals surface area contributed by atoms with Gasteiger partial charge < -0.3 is 5.32 Å². The summed E-state index contributed by atoms with van der Waals surface area (Å²) in [6, 6.07) is 14.9. The molecule has 0 aliphatic rings. The van der Waals surface area contributed by atoms with E-state index in [1.54, 1.807) is 53.5 Å². The van der Waals surface area contributed by atoms with Crippen molar-refractivity contribution in [2.24, 2.45) is 0 Å². The molecule has 6 nitrogen and oxygen atoms in total. The van der Waals surface area contributed by atoms with E-state index >= 15 is 0 Å². The zero-order valence-electron chi connectivity index (χ0n) is 15.4. The molecule has 0 spiro atoms. The molecule has 0 saturated carbocycles. The number of nitrogens with zero attached hydrogens (tertiary/aromatic N) is 4. The summed E-state index contributed by atoms with van der Waals surface area (Å²) in [5.74, 6) is -0.952. The highest BCUT2D eigenvalue weighted by molar-refractivity contribution is 6.31. The molecule has 0 fully saturated rings. The third-order valence-electron chi connectivity index (χ3n) is 4.33. The van der Waals surface area contributed by atoms with Crippen LogP contribution in [0.1, 0.15) is 16.1 Å². The van der Waals surface area contributed by atoms with E-state index in [1.165, 1.54) is 12.1 Å². The summed E-state index contributed by atoms with van der Waals surface area (Å²) in [6.45, 7) is 0.151. The lowest BCUT2D eigenvalue weighted by molar-refractivity contribution is 0.0946. The maximum atomic E-state index is 13.3. The minimum absolute atomic E-state index is 0.00822. The van der Waals surface area contributed by atoms with Crippen molar-refractivity contribution < 1.29 is 9.18 Å². The number of carbonyl (C=O) groups is 1. The molecular formula is C21H14Cl2FN5O. The summed E-state index contributed by atoms with van der Waals surface area (Å²) in [5.41, 5.74) is 2.65. The Kier molecular flexibility index (Phi) is 5.74. The lowest BCUT2D eigenvalue weighted by Crippen LogP contribution is -2.24. The summed E-state index contributed by atoms with van der Waals surface area (Å²) in [7, 11) is 0. The molecule has 9 heteroatoms. The first-order chi connectivity index (χ1) is 14.5. The fraction of sp³-hybridized carbons (Fsp3) is 0.0476. The van der Waals surface area contributed by atoms with Crippen LogP contribution in [0.2, 0.25) is 10.0 Å². The zero-order valence-corrected chi connectivity index (χ0v) is 16.9. The van der Waals surface area contributed by atoms with Crippen LogP contribution < -0.4 is 5.32 Å². The smallest absolute Gasteiger partial charge is 0.274 e. The Morgan fingerprint density at radius 3 is 2.60 bits per heavy atom. The van der Waals surface area contributed by atoms with E-state index < -0.39 is 11.7 Å². The van der Waals surface area contributed by atoms with Crippen LogP contribution in [0.3, 0.4) is 0 Å². The molecule has 0 unspecified atom stereocenters. The highest BCUT2D eigenvalue weighted by Gasteiger charge is 2.22. The largest absolute Gasteiger partial charge is 0.346 e. The third-order valence-corrected chi connectivity index (χ3v) is 4.85. The summed E-state index contributed by atoms with van der Waals surface area (Å²) >= 11 is 11.9. The monoisotopic (exact) mass is 441 g/mol. The molecule has 0 saturated heterocycles. The Balaban J connectivity index is 1.69. The fourth-order valence-corrected chi connectivity index (χ4v) is 3.30. The van der Waals surface area contributed by atoms with Crippen LogP contribution in [0.5, 0.6) is 0 Å². The number of benzene rings is 2. The molecule has 0 atom stereocenters. The summed E-state index contributed by atoms with van der Waals surface area (Å²) < 4.78 is 14.9. The normalized spacial score (nSPS) is 10.8. The lowest BCUT2D eigenvalue weighted by atomic mass is 10.1. The fourth-order valence-electron chi connectivity index (χ4n) is 2.91. The number of amides is 1. The standard InChI is InChI=1S/C21H14Cl2FN5O/c22-15-2-1-3-16(11-15)29-20(14-6-8-25-9-7-14)19(27-28-29)21(30)26-12-13-4-5-18(24)17(23)10-13/h1-11H,12H2,(H,26,30). The first kappa shape index (κ1) is 20.0. The van der Waals surface area contributed by atoms with Gasteiger partial charge >= 0.3 is 0 Å². The first-order valence-corrected chi connectivity index (χ1v) is 9.62. The van der Waals surface area contributed by atoms with E-state index in [1.807, 2.05) is 6.07 Å². The van der Waals surface area contributed by atoms with Crippen LogP contribution in [0.4, 0.5) is 4.39 Å². The molecule has 0 bridgehead atoms. The molecule has 4 aromatic rings. The second kappa shape index (κ2) is 8.61. The van der Waals surface area contributed by atoms with Crippen molar-refractivity contribution in [3.63, 3.8) is 0 Å². The molecule has 2 heterocycles. The highest BCUT2D eigenvalue weighted by atomic mass is 35.5. The number of halogens is 3. The number of hydrogen-bond acceptors (Lipinski definition) is 4. The van der Waals surface area contributed by atoms with Crippen molar-refractivity contribution >= 4 is 29.1 Å². The molecule has 2 aromatic heterocycles. The Hall–Kier alpha value is -3.29. The van der Waals surface area contributed by atoms with Crippen LogP contribution in [0.25, 0.3) is 16.9 Å². The number of carbonyl (C=O) groups excluding carboxylic acids is 1. The zero-order chi connectivity index (χ0) is 21.1. The number of hydrogen-bond donors (Lipinski definition) is 1. The van der Waals surface area contributed by atoms with Gasteiger partial charge in [-0.2, -0.15) is 0 Å². The van der Waals surface area contributed by atoms with Crippen molar-refractivity contribution in [3.05, 3.63) is 94.1 Å². The molecule has 2 aromatic carbocycles. The van der Waals surface area contributed by atoms with Gasteiger partial charge in [-0.05, 0) is 48.0 Å². The van der Waals surface area contributed by atoms with E-state index in [0.717, 1.165) is 0 Å². The molecule has 150 valence electrons. The van der Waals surface area contributed by atoms with Gasteiger partial charge in [-0.25, -0.2) is 9.07 Å². The number of nitrogens with one attached hydrogen (secondary N) is 1. The van der Waals surface area contributed by atoms with Gasteiger partial charge in [0.15, 0.2) is 5.69 Å². The van der Waals surface area contributed by atoms with Crippen molar-refractivity contribution in [2.75, 3.05) is 0 Å². The topological polar surface area (TPSA) is 72.7 Å². The van der Waals surface area contributed by atoms with Gasteiger partial charge in [0.2, 0.25) is 0 Å². The first-order valence-electron chi connectivity index (χ1n) is 8.87. The molecule has 1 amide bonds. The maximum absolute atomic E-state index is 13.3. The molecule has 30 heavy (non-hydrogen) atoms. The Morgan fingerprint density at radius 1 is 1.07 bits per heavy atom. The van der Waals surface area contributed by atoms with Crippen molar-refractivity contribution in [1.82, 2.24) is 25.3 Å². The molecular weight excluding hydrogens is 428 g/mol. The van der Waals surface area contributed by atoms with Gasteiger partial charge in [-0.1, -0.05) is 40.5 Å². The molecule has 0 radical (unpaired) electrons. The SMILES string of the molecule is O=C(NCc1ccc(F)c(Cl)c1)c1nnn(-c2cccc(Cl)c2)c1-c1ccncc1. The average Bonchev–Trinajstić information content (AvgIpc) is 3.20. The van der Waals surface area contributed by atoms with Crippen LogP contribution in [0, 0.1) is 5.82 Å². The van der Waals surface area contributed by atoms with Gasteiger partial charge in [0, 0.05) is 29.5 Å². The van der Waals surface area contributed by atoms with Crippen LogP contribution in [0.15, 0.2) is 67.0 Å². The van der Waals surface area contributed by atoms with Gasteiger partial charge in [-0.15, -0.1) is 5.10 Å². The van der Waals surface area contributed by atoms with Crippen molar-refractivity contribution in [3.8, 4) is 16.9 Å². The molecule has 0 aliphatic carbocycles. The number of rotatable bonds is 5. The van der Waals surface area contributed by atoms with E-state index in [0.29, 0.717) is 27.5 Å². The maximum Gasteiger partial charge on any atom is 0.274 e. The quantitative estimate of drug-likeness (QED) is 0.486. The van der Waals surface area contributed by atoms with E-state index in [2.05, 4.69) is 20.6 Å². The second-order valence-corrected chi connectivity index (χ2v) is 7.19. The van der Waals surface area contributed by atoms with Gasteiger partial charge in [-0.3, -0.25) is 9.78 Å². The summed E-state index contributed by atoms with van der Waals surface area (Å²) in [6.07, 6.45) is 3.24. The number of aromatic nitrogens is 4. The minimum Gasteiger partial charge on any atom is -0.346 e. The molecule has 1 N–H and O–H groups in total. The van der Waals surface area contributed by atoms with Crippen LogP contribution in [-0.2, 0) is 6.54 Å². The predicted octanol–water partition coefficient (Wildman–Crippen LogP) is 4.71. The second-order valence-electron chi connectivity index (χ2n) is 6.35. The summed E-state index contributed by atoms with van der Waals surface area (Å²) in [4.78, 5) is 16.9. The Labute approximate surface area is 181 Å².